The molecule has 0 aromatic heterocycles. The van der Waals surface area contributed by atoms with Gasteiger partial charge in [-0.1, -0.05) is 0 Å². The van der Waals surface area contributed by atoms with Crippen molar-refractivity contribution in [3.05, 3.63) is 0 Å². The van der Waals surface area contributed by atoms with Gasteiger partial charge in [0.05, 0.1) is 13.1 Å². The molecule has 0 spiro atoms. The lowest BCUT2D eigenvalue weighted by molar-refractivity contribution is -0.121. The van der Waals surface area contributed by atoms with Gasteiger partial charge in [-0.25, -0.2) is 9.80 Å². The summed E-state index contributed by atoms with van der Waals surface area (Å²) in [5.74, 6) is -0.315. The van der Waals surface area contributed by atoms with Crippen molar-refractivity contribution in [3.63, 3.8) is 0 Å². The summed E-state index contributed by atoms with van der Waals surface area (Å²) in [6.45, 7) is 2.66. The number of urea groups is 1. The van der Waals surface area contributed by atoms with Gasteiger partial charge in [-0.15, -0.1) is 0 Å². The lowest BCUT2D eigenvalue weighted by Gasteiger charge is -2.18. The molecule has 0 atom stereocenters. The first-order valence-corrected chi connectivity index (χ1v) is 3.71. The fraction of sp³-hybridized carbons (Fsp3) is 0.571. The van der Waals surface area contributed by atoms with Crippen LogP contribution in [-0.2, 0) is 9.59 Å². The first-order valence-electron chi connectivity index (χ1n) is 3.71. The third-order valence-electron chi connectivity index (χ3n) is 1.10. The first-order chi connectivity index (χ1) is 5.91. The molecule has 6 heteroatoms. The van der Waals surface area contributed by atoms with Crippen molar-refractivity contribution >= 4 is 17.6 Å². The number of hydrogen-bond acceptors (Lipinski definition) is 4. The van der Waals surface area contributed by atoms with Gasteiger partial charge in [-0.3, -0.25) is 15.0 Å². The molecule has 0 aliphatic rings. The molecule has 6 nitrogen and oxygen atoms in total. The van der Waals surface area contributed by atoms with Crippen LogP contribution in [0.2, 0.25) is 0 Å². The Labute approximate surface area is 76.0 Å². The van der Waals surface area contributed by atoms with E-state index in [0.717, 1.165) is 0 Å². The summed E-state index contributed by atoms with van der Waals surface area (Å²) in [7, 11) is 0. The van der Waals surface area contributed by atoms with Crippen LogP contribution in [0.3, 0.4) is 0 Å². The SMILES string of the molecule is CC(=O)CN(CC(C)=O)NC(N)=O. The van der Waals surface area contributed by atoms with Crippen LogP contribution >= 0.6 is 0 Å². The lowest BCUT2D eigenvalue weighted by atomic mass is 10.4. The maximum atomic E-state index is 10.7. The number of carbonyl (C=O) groups is 3. The first kappa shape index (κ1) is 11.6. The summed E-state index contributed by atoms with van der Waals surface area (Å²) in [5.41, 5.74) is 7.00. The summed E-state index contributed by atoms with van der Waals surface area (Å²) >= 11 is 0. The number of nitrogens with two attached hydrogens (primary N) is 1. The molecule has 0 aromatic rings. The van der Waals surface area contributed by atoms with Crippen LogP contribution in [0.1, 0.15) is 13.8 Å². The van der Waals surface area contributed by atoms with E-state index >= 15 is 0 Å². The molecule has 0 saturated carbocycles. The van der Waals surface area contributed by atoms with Crippen LogP contribution in [0.15, 0.2) is 0 Å². The number of amides is 2. The van der Waals surface area contributed by atoms with Crippen molar-refractivity contribution in [3.8, 4) is 0 Å². The normalized spacial score (nSPS) is 9.77. The Morgan fingerprint density at radius 3 is 1.77 bits per heavy atom. The van der Waals surface area contributed by atoms with Gasteiger partial charge in [0.25, 0.3) is 0 Å². The van der Waals surface area contributed by atoms with E-state index in [1.165, 1.54) is 18.9 Å². The van der Waals surface area contributed by atoms with E-state index in [4.69, 9.17) is 5.73 Å². The number of Topliss-reactive ketones (excluding diaryl/α,β-unsaturated/α-hetero) is 2. The van der Waals surface area contributed by atoms with Crippen LogP contribution in [0.25, 0.3) is 0 Å². The van der Waals surface area contributed by atoms with Gasteiger partial charge in [0, 0.05) is 0 Å². The highest BCUT2D eigenvalue weighted by Crippen LogP contribution is 1.84. The number of rotatable bonds is 5. The Morgan fingerprint density at radius 1 is 1.15 bits per heavy atom. The average molecular weight is 187 g/mol. The molecule has 0 heterocycles. The van der Waals surface area contributed by atoms with Crippen LogP contribution in [-0.4, -0.2) is 35.7 Å². The largest absolute Gasteiger partial charge is 0.351 e. The standard InChI is InChI=1S/C7H13N3O3/c1-5(11)3-10(4-6(2)12)9-7(8)13/h3-4H2,1-2H3,(H3,8,9,13). The second-order valence-electron chi connectivity index (χ2n) is 2.74. The molecule has 0 unspecified atom stereocenters. The van der Waals surface area contributed by atoms with Crippen molar-refractivity contribution in [2.24, 2.45) is 5.73 Å². The summed E-state index contributed by atoms with van der Waals surface area (Å²) in [4.78, 5) is 31.8. The lowest BCUT2D eigenvalue weighted by Crippen LogP contribution is -2.48. The van der Waals surface area contributed by atoms with Gasteiger partial charge in [-0.2, -0.15) is 0 Å². The van der Waals surface area contributed by atoms with Crippen molar-refractivity contribution in [2.45, 2.75) is 13.8 Å². The molecule has 0 saturated heterocycles. The predicted molar refractivity (Wildman–Crippen MR) is 45.7 cm³/mol. The monoisotopic (exact) mass is 187 g/mol. The van der Waals surface area contributed by atoms with E-state index in [2.05, 4.69) is 5.43 Å². The molecule has 0 aliphatic carbocycles. The van der Waals surface area contributed by atoms with Crippen molar-refractivity contribution in [1.82, 2.24) is 10.4 Å². The van der Waals surface area contributed by atoms with Gasteiger partial charge in [0.15, 0.2) is 0 Å². The van der Waals surface area contributed by atoms with E-state index in [1.807, 2.05) is 0 Å². The highest BCUT2D eigenvalue weighted by Gasteiger charge is 2.10. The number of primary amides is 1. The van der Waals surface area contributed by atoms with Crippen LogP contribution < -0.4 is 11.2 Å². The second kappa shape index (κ2) is 5.26. The van der Waals surface area contributed by atoms with Gasteiger partial charge < -0.3 is 5.73 Å². The molecule has 74 valence electrons. The van der Waals surface area contributed by atoms with E-state index < -0.39 is 6.03 Å². The molecular formula is C7H13N3O3. The topological polar surface area (TPSA) is 92.5 Å². The molecule has 0 bridgehead atoms. The van der Waals surface area contributed by atoms with Crippen molar-refractivity contribution in [2.75, 3.05) is 13.1 Å². The molecule has 0 aliphatic heterocycles. The molecule has 2 amide bonds. The van der Waals surface area contributed by atoms with Gasteiger partial charge in [0.2, 0.25) is 0 Å². The summed E-state index contributed by atoms with van der Waals surface area (Å²) in [6.07, 6.45) is 0. The minimum absolute atomic E-state index is 0.0253. The Hall–Kier alpha value is -1.43. The number of ketones is 2. The van der Waals surface area contributed by atoms with Crippen molar-refractivity contribution < 1.29 is 14.4 Å². The number of hydrogen-bond donors (Lipinski definition) is 2. The molecular weight excluding hydrogens is 174 g/mol. The second-order valence-corrected chi connectivity index (χ2v) is 2.74. The number of nitrogens with one attached hydrogen (secondary N) is 1. The minimum atomic E-state index is -0.789. The highest BCUT2D eigenvalue weighted by atomic mass is 16.2. The molecule has 3 N–H and O–H groups in total. The Bertz CT molecular complexity index is 189. The smallest absolute Gasteiger partial charge is 0.326 e. The maximum absolute atomic E-state index is 10.7. The molecule has 0 aromatic carbocycles. The van der Waals surface area contributed by atoms with Crippen LogP contribution in [0, 0.1) is 0 Å². The van der Waals surface area contributed by atoms with E-state index in [0.29, 0.717) is 0 Å². The number of hydrazine groups is 1. The van der Waals surface area contributed by atoms with E-state index in [-0.39, 0.29) is 24.7 Å². The van der Waals surface area contributed by atoms with Crippen molar-refractivity contribution in [1.29, 1.82) is 0 Å². The fourth-order valence-electron chi connectivity index (χ4n) is 0.828. The Kier molecular flexibility index (Phi) is 4.68. The summed E-state index contributed by atoms with van der Waals surface area (Å²) in [6, 6.07) is -0.789. The quantitative estimate of drug-likeness (QED) is 0.543. The Balaban J connectivity index is 4.10. The van der Waals surface area contributed by atoms with Crippen LogP contribution in [0.4, 0.5) is 4.79 Å². The van der Waals surface area contributed by atoms with Gasteiger partial charge >= 0.3 is 6.03 Å². The molecule has 0 fully saturated rings. The van der Waals surface area contributed by atoms with Crippen LogP contribution in [0.5, 0.6) is 0 Å². The predicted octanol–water partition coefficient (Wildman–Crippen LogP) is -0.950. The zero-order chi connectivity index (χ0) is 10.4. The molecule has 0 radical (unpaired) electrons. The van der Waals surface area contributed by atoms with E-state index in [9.17, 15) is 14.4 Å². The highest BCUT2D eigenvalue weighted by molar-refractivity contribution is 5.81. The third-order valence-corrected chi connectivity index (χ3v) is 1.10. The zero-order valence-corrected chi connectivity index (χ0v) is 7.66. The average Bonchev–Trinajstić information content (AvgIpc) is 1.80. The molecule has 0 rings (SSSR count). The maximum Gasteiger partial charge on any atom is 0.326 e. The third kappa shape index (κ3) is 6.95. The molecule has 13 heavy (non-hydrogen) atoms. The number of carbonyl (C=O) groups excluding carboxylic acids is 3. The van der Waals surface area contributed by atoms with E-state index in [1.54, 1.807) is 0 Å². The summed E-state index contributed by atoms with van der Waals surface area (Å²) < 4.78 is 0. The fourth-order valence-corrected chi connectivity index (χ4v) is 0.828. The van der Waals surface area contributed by atoms with Gasteiger partial charge in [-0.05, 0) is 13.8 Å². The summed E-state index contributed by atoms with van der Waals surface area (Å²) in [5, 5.41) is 1.17. The minimum Gasteiger partial charge on any atom is -0.351 e. The van der Waals surface area contributed by atoms with Gasteiger partial charge in [0.1, 0.15) is 11.6 Å². The number of nitrogens with zero attached hydrogens (tertiary/aromatic N) is 1. The zero-order valence-electron chi connectivity index (χ0n) is 7.66. The Morgan fingerprint density at radius 2 is 1.54 bits per heavy atom.